The van der Waals surface area contributed by atoms with Crippen molar-refractivity contribution in [3.63, 3.8) is 0 Å². The lowest BCUT2D eigenvalue weighted by Gasteiger charge is -2.51. The fourth-order valence-corrected chi connectivity index (χ4v) is 13.5. The highest BCUT2D eigenvalue weighted by atomic mass is 16.8. The third kappa shape index (κ3) is 18.7. The summed E-state index contributed by atoms with van der Waals surface area (Å²) in [6, 6.07) is -3.77. The normalized spacial score (nSPS) is 51.2. The predicted molar refractivity (Wildman–Crippen MR) is 320 cm³/mol. The Labute approximate surface area is 598 Å². The predicted octanol–water partition coefficient (Wildman–Crippen LogP) is -20.3. The molecule has 9 aliphatic rings. The number of carbonyl (C=O) groups excluding carboxylic acids is 2. The molecule has 1 unspecified atom stereocenters. The van der Waals surface area contributed by atoms with Crippen molar-refractivity contribution in [2.45, 2.75) is 290 Å². The summed E-state index contributed by atoms with van der Waals surface area (Å²) in [6.45, 7) is -7.63. The van der Waals surface area contributed by atoms with E-state index >= 15 is 0 Å². The summed E-state index contributed by atoms with van der Waals surface area (Å²) >= 11 is 0. The second-order valence-electron chi connectivity index (χ2n) is 26.7. The summed E-state index contributed by atoms with van der Waals surface area (Å²) in [5, 5.41) is 300. The van der Waals surface area contributed by atoms with Crippen LogP contribution in [0.5, 0.6) is 0 Å². The molecule has 45 atom stereocenters. The van der Waals surface area contributed by atoms with Gasteiger partial charge in [0, 0.05) is 13.8 Å². The van der Waals surface area contributed by atoms with E-state index in [4.69, 9.17) is 80.5 Å². The molecule has 2 amide bonds. The lowest BCUT2D eigenvalue weighted by Crippen LogP contribution is -2.70. The van der Waals surface area contributed by atoms with E-state index < -0.39 is 348 Å². The van der Waals surface area contributed by atoms with E-state index in [1.165, 1.54) is 0 Å². The molecule has 9 aliphatic heterocycles. The summed E-state index contributed by atoms with van der Waals surface area (Å²) in [7, 11) is 0. The van der Waals surface area contributed by atoms with Crippen LogP contribution in [-0.2, 0) is 90.1 Å². The van der Waals surface area contributed by atoms with E-state index in [1.54, 1.807) is 0 Å². The minimum absolute atomic E-state index is 0.848. The molecule has 0 spiro atoms. The van der Waals surface area contributed by atoms with Crippen LogP contribution in [-0.4, -0.2) is 485 Å². The highest BCUT2D eigenvalue weighted by Gasteiger charge is 2.60. The number of amides is 2. The van der Waals surface area contributed by atoms with E-state index in [0.717, 1.165) is 13.8 Å². The number of rotatable bonds is 27. The van der Waals surface area contributed by atoms with E-state index in [2.05, 4.69) is 10.6 Å². The van der Waals surface area contributed by atoms with Crippen molar-refractivity contribution >= 4 is 11.8 Å². The molecule has 0 radical (unpaired) electrons. The second-order valence-corrected chi connectivity index (χ2v) is 26.7. The molecule has 9 fully saturated rings. The zero-order valence-corrected chi connectivity index (χ0v) is 56.2. The van der Waals surface area contributed by atoms with Crippen LogP contribution in [0.15, 0.2) is 0 Å². The standard InChI is InChI=1S/C58H98N2O46/c1-12(68)59-23-32(77)44(19(8-66)92-50(23)89)101-57-43(88)48(31(76)22(100-57)11-91-53-41(86)47(104-55-40(85)36(81)27(72)16(5-63)95-55)30(75)21(99-53)10-90-52-38(83)34(79)25(70)14(3-61)93-52)105-58-49(37(82)28(73)17(6-64)97-58)106-51-24(60-13(2)69)33(78)45(20(9-67)98-51)102-56-42(87)46(29(74)18(7-65)96-56)103-54-39(84)35(80)26(71)15(4-62)94-54/h14-58,61-67,70-89H,3-11H2,1-2H3,(H,59,68)(H,60,69)/t14-,15-,16-,17-,18-,19-,20-,21-,22-,23-,24-,25-,26+,27-,28-,29+,30-,31-,32-,33-,34+,35+,36+,37+,38+,39-,40+,41+,42-,43+,44-,45-,46+,47+,48+,49+,50?,51+,52+,53+,54-,55-,56+,57+,58-/m1/s1. The molecular weight excluding hydrogens is 1460 g/mol. The van der Waals surface area contributed by atoms with Gasteiger partial charge in [-0.1, -0.05) is 0 Å². The van der Waals surface area contributed by atoms with Gasteiger partial charge in [0.05, 0.1) is 59.5 Å². The third-order valence-electron chi connectivity index (χ3n) is 19.5. The molecule has 0 aromatic carbocycles. The molecule has 9 heterocycles. The van der Waals surface area contributed by atoms with E-state index in [0.29, 0.717) is 0 Å². The smallest absolute Gasteiger partial charge is 0.217 e. The van der Waals surface area contributed by atoms with Gasteiger partial charge < -0.3 is 229 Å². The topological polar surface area (TPSA) is 761 Å². The average molecular weight is 1560 g/mol. The van der Waals surface area contributed by atoms with Crippen LogP contribution in [0.2, 0.25) is 0 Å². The van der Waals surface area contributed by atoms with Crippen LogP contribution in [0.25, 0.3) is 0 Å². The van der Waals surface area contributed by atoms with Crippen molar-refractivity contribution in [1.29, 1.82) is 0 Å². The Morgan fingerprint density at radius 3 is 0.925 bits per heavy atom. The second kappa shape index (κ2) is 37.9. The van der Waals surface area contributed by atoms with Gasteiger partial charge in [-0.05, 0) is 0 Å². The van der Waals surface area contributed by atoms with Crippen molar-refractivity contribution in [1.82, 2.24) is 10.6 Å². The first-order valence-electron chi connectivity index (χ1n) is 33.7. The summed E-state index contributed by atoms with van der Waals surface area (Å²) in [6.07, 6.45) is -89.4. The van der Waals surface area contributed by atoms with Gasteiger partial charge in [0.1, 0.15) is 220 Å². The zero-order chi connectivity index (χ0) is 77.9. The molecular formula is C58H98N2O46. The molecule has 9 rings (SSSR count). The Bertz CT molecular complexity index is 2710. The van der Waals surface area contributed by atoms with Gasteiger partial charge in [-0.25, -0.2) is 0 Å². The largest absolute Gasteiger partial charge is 0.394 e. The quantitative estimate of drug-likeness (QED) is 0.0363. The van der Waals surface area contributed by atoms with Gasteiger partial charge in [-0.3, -0.25) is 9.59 Å². The van der Waals surface area contributed by atoms with Gasteiger partial charge in [0.25, 0.3) is 0 Å². The Morgan fingerprint density at radius 2 is 0.509 bits per heavy atom. The van der Waals surface area contributed by atoms with Gasteiger partial charge in [-0.15, -0.1) is 0 Å². The number of carbonyl (C=O) groups is 2. The summed E-state index contributed by atoms with van der Waals surface area (Å²) in [5.74, 6) is -1.83. The Hall–Kier alpha value is -2.82. The van der Waals surface area contributed by atoms with Crippen molar-refractivity contribution in [2.24, 2.45) is 0 Å². The minimum Gasteiger partial charge on any atom is -0.394 e. The lowest BCUT2D eigenvalue weighted by molar-refractivity contribution is -0.398. The Balaban J connectivity index is 1.01. The number of hydrogen-bond donors (Lipinski definition) is 29. The minimum atomic E-state index is -2.50. The van der Waals surface area contributed by atoms with Crippen LogP contribution in [0.3, 0.4) is 0 Å². The molecule has 29 N–H and O–H groups in total. The summed E-state index contributed by atoms with van der Waals surface area (Å²) in [4.78, 5) is 25.3. The Morgan fingerprint density at radius 1 is 0.245 bits per heavy atom. The first kappa shape index (κ1) is 87.2. The maximum atomic E-state index is 13.0. The van der Waals surface area contributed by atoms with Crippen molar-refractivity contribution in [2.75, 3.05) is 59.5 Å². The van der Waals surface area contributed by atoms with Gasteiger partial charge >= 0.3 is 0 Å². The number of ether oxygens (including phenoxy) is 17. The Kier molecular flexibility index (Phi) is 31.1. The van der Waals surface area contributed by atoms with Gasteiger partial charge in [0.15, 0.2) is 56.6 Å². The highest BCUT2D eigenvalue weighted by molar-refractivity contribution is 5.73. The molecule has 0 aliphatic carbocycles. The number of nitrogens with one attached hydrogen (secondary N) is 2. The van der Waals surface area contributed by atoms with E-state index in [-0.39, 0.29) is 0 Å². The van der Waals surface area contributed by atoms with E-state index in [9.17, 15) is 147 Å². The molecule has 9 saturated heterocycles. The number of hydrogen-bond acceptors (Lipinski definition) is 46. The SMILES string of the molecule is CC(=O)N[C@H]1[C@H](O[C@@H]2[C@@H](O[C@@H]3[C@H](O)[C@H](O[C@H]4[C@H](O)[C@@H](NC(C)=O)C(O)O[C@@H]4CO)O[C@H](CO[C@H]4O[C@H](CO[C@H]5O[C@H](CO)[C@@H](O)[C@H](O)[C@@H]5O)[C@@H](O)[C@H](O[C@H]5O[C@H](CO)[C@@H](O)[C@H](O)[C@@H]5O)[C@@H]4O)[C@H]3O)O[C@H](CO)[C@@H](O)[C@@H]2O)O[C@H](CO)[C@@H](O[C@@H]2O[C@H](CO)[C@H](O)[C@H](O[C@H]3O[C@H](CO)[C@H](O)[C@H](O)[C@H]3O)[C@H]2O)[C@@H]1O. The van der Waals surface area contributed by atoms with Crippen molar-refractivity contribution in [3.05, 3.63) is 0 Å². The van der Waals surface area contributed by atoms with E-state index in [1.807, 2.05) is 0 Å². The lowest BCUT2D eigenvalue weighted by atomic mass is 9.94. The van der Waals surface area contributed by atoms with Crippen LogP contribution in [0, 0.1) is 0 Å². The molecule has 0 bridgehead atoms. The summed E-state index contributed by atoms with van der Waals surface area (Å²) < 4.78 is 98.3. The van der Waals surface area contributed by atoms with Crippen molar-refractivity contribution < 1.29 is 228 Å². The van der Waals surface area contributed by atoms with Crippen LogP contribution in [0.1, 0.15) is 13.8 Å². The van der Waals surface area contributed by atoms with Crippen LogP contribution >= 0.6 is 0 Å². The number of aliphatic hydroxyl groups is 27. The fraction of sp³-hybridized carbons (Fsp3) is 0.966. The molecule has 616 valence electrons. The molecule has 106 heavy (non-hydrogen) atoms. The highest BCUT2D eigenvalue weighted by Crippen LogP contribution is 2.39. The number of aliphatic hydroxyl groups excluding tert-OH is 27. The maximum absolute atomic E-state index is 13.0. The molecule has 0 saturated carbocycles. The van der Waals surface area contributed by atoms with Crippen molar-refractivity contribution in [3.8, 4) is 0 Å². The maximum Gasteiger partial charge on any atom is 0.217 e. The van der Waals surface area contributed by atoms with Gasteiger partial charge in [0.2, 0.25) is 11.8 Å². The zero-order valence-electron chi connectivity index (χ0n) is 56.2. The molecule has 48 heteroatoms. The first-order chi connectivity index (χ1) is 50.2. The van der Waals surface area contributed by atoms with Crippen LogP contribution < -0.4 is 10.6 Å². The molecule has 0 aromatic rings. The molecule has 48 nitrogen and oxygen atoms in total. The van der Waals surface area contributed by atoms with Crippen LogP contribution in [0.4, 0.5) is 0 Å². The van der Waals surface area contributed by atoms with Gasteiger partial charge in [-0.2, -0.15) is 0 Å². The third-order valence-corrected chi connectivity index (χ3v) is 19.5. The monoisotopic (exact) mass is 1560 g/mol. The molecule has 0 aromatic heterocycles. The average Bonchev–Trinajstić information content (AvgIpc) is 0.771. The first-order valence-corrected chi connectivity index (χ1v) is 33.7. The summed E-state index contributed by atoms with van der Waals surface area (Å²) in [5.41, 5.74) is 0. The fourth-order valence-electron chi connectivity index (χ4n) is 13.5.